The second-order valence-electron chi connectivity index (χ2n) is 6.88. The van der Waals surface area contributed by atoms with E-state index in [1.54, 1.807) is 28.9 Å². The molecule has 0 spiro atoms. The highest BCUT2D eigenvalue weighted by Crippen LogP contribution is 2.22. The Kier molecular flexibility index (Phi) is 6.05. The third kappa shape index (κ3) is 4.40. The lowest BCUT2D eigenvalue weighted by Gasteiger charge is -2.35. The first-order chi connectivity index (χ1) is 13.9. The maximum Gasteiger partial charge on any atom is 0.270 e. The van der Waals surface area contributed by atoms with Gasteiger partial charge in [-0.3, -0.25) is 4.79 Å². The molecule has 0 aromatic carbocycles. The van der Waals surface area contributed by atoms with E-state index in [-0.39, 0.29) is 10.8 Å². The van der Waals surface area contributed by atoms with Crippen molar-refractivity contribution in [1.82, 2.24) is 19.2 Å². The predicted octanol–water partition coefficient (Wildman–Crippen LogP) is 1.76. The van der Waals surface area contributed by atoms with Gasteiger partial charge in [0.1, 0.15) is 16.4 Å². The summed E-state index contributed by atoms with van der Waals surface area (Å²) in [4.78, 5) is 24.0. The van der Waals surface area contributed by atoms with Gasteiger partial charge in [-0.1, -0.05) is 11.6 Å². The summed E-state index contributed by atoms with van der Waals surface area (Å²) in [6, 6.07) is 5.11. The highest BCUT2D eigenvalue weighted by molar-refractivity contribution is 7.99. The molecule has 2 aromatic heterocycles. The summed E-state index contributed by atoms with van der Waals surface area (Å²) in [6.45, 7) is 3.38. The molecule has 29 heavy (non-hydrogen) atoms. The number of aromatic nitrogens is 2. The molecule has 1 amide bonds. The zero-order valence-corrected chi connectivity index (χ0v) is 18.1. The lowest BCUT2D eigenvalue weighted by Crippen LogP contribution is -2.49. The van der Waals surface area contributed by atoms with E-state index in [1.165, 1.54) is 16.6 Å². The molecule has 0 bridgehead atoms. The van der Waals surface area contributed by atoms with Crippen molar-refractivity contribution in [3.63, 3.8) is 0 Å². The minimum atomic E-state index is -3.56. The lowest BCUT2D eigenvalue weighted by atomic mass is 10.2. The third-order valence-electron chi connectivity index (χ3n) is 5.10. The van der Waals surface area contributed by atoms with Crippen molar-refractivity contribution in [1.29, 1.82) is 0 Å². The number of nitrogens with one attached hydrogen (secondary N) is 1. The third-order valence-corrected chi connectivity index (χ3v) is 8.14. The van der Waals surface area contributed by atoms with Gasteiger partial charge in [0, 0.05) is 63.2 Å². The number of H-pyrrole nitrogens is 1. The molecule has 0 unspecified atom stereocenters. The quantitative estimate of drug-likeness (QED) is 0.755. The van der Waals surface area contributed by atoms with Crippen LogP contribution in [0.2, 0.25) is 5.02 Å². The van der Waals surface area contributed by atoms with Crippen LogP contribution in [0.5, 0.6) is 0 Å². The van der Waals surface area contributed by atoms with Gasteiger partial charge in [-0.15, -0.1) is 0 Å². The monoisotopic (exact) mass is 455 g/mol. The van der Waals surface area contributed by atoms with Crippen molar-refractivity contribution in [3.8, 4) is 0 Å². The maximum absolute atomic E-state index is 12.8. The molecule has 0 aliphatic carbocycles. The number of sulfonamides is 1. The zero-order chi connectivity index (χ0) is 20.4. The van der Waals surface area contributed by atoms with Gasteiger partial charge in [-0.25, -0.2) is 13.4 Å². The van der Waals surface area contributed by atoms with Crippen molar-refractivity contribution in [3.05, 3.63) is 41.3 Å². The summed E-state index contributed by atoms with van der Waals surface area (Å²) in [5.41, 5.74) is 0.299. The van der Waals surface area contributed by atoms with Crippen LogP contribution in [-0.4, -0.2) is 84.3 Å². The summed E-state index contributed by atoms with van der Waals surface area (Å²) in [7, 11) is -3.56. The van der Waals surface area contributed by atoms with E-state index in [1.807, 2.05) is 6.07 Å². The first-order valence-corrected chi connectivity index (χ1v) is 12.3. The molecule has 2 saturated heterocycles. The fourth-order valence-corrected chi connectivity index (χ4v) is 6.13. The molecule has 4 rings (SSSR count). The van der Waals surface area contributed by atoms with Crippen LogP contribution >= 0.6 is 23.4 Å². The molecule has 8 nitrogen and oxygen atoms in total. The molecule has 156 valence electrons. The number of amides is 1. The van der Waals surface area contributed by atoms with Crippen molar-refractivity contribution in [2.75, 3.05) is 55.7 Å². The Balaban J connectivity index is 1.40. The van der Waals surface area contributed by atoms with Gasteiger partial charge >= 0.3 is 0 Å². The number of thioether (sulfide) groups is 1. The van der Waals surface area contributed by atoms with Crippen LogP contribution in [0.4, 0.5) is 5.82 Å². The van der Waals surface area contributed by atoms with Crippen molar-refractivity contribution in [2.45, 2.75) is 4.90 Å². The van der Waals surface area contributed by atoms with Crippen LogP contribution in [-0.2, 0) is 10.0 Å². The maximum atomic E-state index is 12.8. The van der Waals surface area contributed by atoms with Crippen molar-refractivity contribution >= 4 is 45.1 Å². The number of hydrogen-bond donors (Lipinski definition) is 1. The number of halogens is 1. The molecular formula is C18H22ClN5O3S2. The Labute approximate surface area is 179 Å². The van der Waals surface area contributed by atoms with Gasteiger partial charge < -0.3 is 14.8 Å². The highest BCUT2D eigenvalue weighted by atomic mass is 35.5. The molecule has 2 aromatic rings. The first-order valence-electron chi connectivity index (χ1n) is 9.37. The standard InChI is InChI=1S/C18H22ClN5O3S2/c19-14-1-2-17(21-12-14)22-3-5-23(6-4-22)18(25)16-11-15(13-20-16)29(26,27)24-7-9-28-10-8-24/h1-2,11-13,20H,3-10H2. The van der Waals surface area contributed by atoms with Crippen LogP contribution < -0.4 is 4.90 Å². The summed E-state index contributed by atoms with van der Waals surface area (Å²) < 4.78 is 27.0. The Bertz CT molecular complexity index is 966. The first kappa shape index (κ1) is 20.5. The number of piperazine rings is 1. The zero-order valence-electron chi connectivity index (χ0n) is 15.8. The molecule has 0 saturated carbocycles. The number of anilines is 1. The van der Waals surface area contributed by atoms with Gasteiger partial charge in [-0.05, 0) is 18.2 Å². The minimum absolute atomic E-state index is 0.150. The number of carbonyl (C=O) groups is 1. The molecule has 2 fully saturated rings. The van der Waals surface area contributed by atoms with Crippen LogP contribution in [0.3, 0.4) is 0 Å². The van der Waals surface area contributed by atoms with Crippen LogP contribution in [0.1, 0.15) is 10.5 Å². The van der Waals surface area contributed by atoms with Gasteiger partial charge in [0.25, 0.3) is 5.91 Å². The SMILES string of the molecule is O=C(c1cc(S(=O)(=O)N2CCSCC2)c[nH]1)N1CCN(c2ccc(Cl)cn2)CC1. The molecule has 0 radical (unpaired) electrons. The number of aromatic amines is 1. The normalized spacial score (nSPS) is 18.8. The van der Waals surface area contributed by atoms with E-state index in [9.17, 15) is 13.2 Å². The average molecular weight is 456 g/mol. The summed E-state index contributed by atoms with van der Waals surface area (Å²) in [5.74, 6) is 2.23. The number of rotatable bonds is 4. The Morgan fingerprint density at radius 1 is 1.10 bits per heavy atom. The second-order valence-corrected chi connectivity index (χ2v) is 10.5. The molecule has 0 atom stereocenters. The van der Waals surface area contributed by atoms with Gasteiger partial charge in [0.05, 0.1) is 5.02 Å². The Hall–Kier alpha value is -1.75. The molecule has 1 N–H and O–H groups in total. The largest absolute Gasteiger partial charge is 0.356 e. The summed E-state index contributed by atoms with van der Waals surface area (Å²) >= 11 is 7.63. The number of carbonyl (C=O) groups excluding carboxylic acids is 1. The minimum Gasteiger partial charge on any atom is -0.356 e. The van der Waals surface area contributed by atoms with Crippen LogP contribution in [0.15, 0.2) is 35.5 Å². The molecular weight excluding hydrogens is 434 g/mol. The lowest BCUT2D eigenvalue weighted by molar-refractivity contribution is 0.0741. The van der Waals surface area contributed by atoms with Crippen molar-refractivity contribution in [2.24, 2.45) is 0 Å². The van der Waals surface area contributed by atoms with E-state index < -0.39 is 10.0 Å². The van der Waals surface area contributed by atoms with Gasteiger partial charge in [-0.2, -0.15) is 16.1 Å². The Morgan fingerprint density at radius 3 is 2.48 bits per heavy atom. The summed E-state index contributed by atoms with van der Waals surface area (Å²) in [5, 5.41) is 0.586. The fourth-order valence-electron chi connectivity index (χ4n) is 3.45. The van der Waals surface area contributed by atoms with Gasteiger partial charge in [0.15, 0.2) is 0 Å². The summed E-state index contributed by atoms with van der Waals surface area (Å²) in [6.07, 6.45) is 3.02. The highest BCUT2D eigenvalue weighted by Gasteiger charge is 2.29. The topological polar surface area (TPSA) is 89.6 Å². The second kappa shape index (κ2) is 8.55. The van der Waals surface area contributed by atoms with E-state index >= 15 is 0 Å². The molecule has 2 aliphatic heterocycles. The number of nitrogens with zero attached hydrogens (tertiary/aromatic N) is 4. The van der Waals surface area contributed by atoms with Crippen molar-refractivity contribution < 1.29 is 13.2 Å². The smallest absolute Gasteiger partial charge is 0.270 e. The molecule has 4 heterocycles. The van der Waals surface area contributed by atoms with Crippen LogP contribution in [0.25, 0.3) is 0 Å². The Morgan fingerprint density at radius 2 is 1.83 bits per heavy atom. The number of pyridine rings is 1. The molecule has 2 aliphatic rings. The van der Waals surface area contributed by atoms with Gasteiger partial charge in [0.2, 0.25) is 10.0 Å². The fraction of sp³-hybridized carbons (Fsp3) is 0.444. The predicted molar refractivity (Wildman–Crippen MR) is 114 cm³/mol. The molecule has 11 heteroatoms. The van der Waals surface area contributed by atoms with E-state index in [4.69, 9.17) is 11.6 Å². The van der Waals surface area contributed by atoms with E-state index in [0.717, 1.165) is 17.3 Å². The average Bonchev–Trinajstić information content (AvgIpc) is 3.26. The van der Waals surface area contributed by atoms with E-state index in [0.29, 0.717) is 50.0 Å². The number of hydrogen-bond acceptors (Lipinski definition) is 6. The van der Waals surface area contributed by atoms with Crippen LogP contribution in [0, 0.1) is 0 Å². The van der Waals surface area contributed by atoms with E-state index in [2.05, 4.69) is 14.9 Å².